The minimum absolute atomic E-state index is 0.0260. The molecule has 0 unspecified atom stereocenters. The molecule has 1 aromatic heterocycles. The van der Waals surface area contributed by atoms with Crippen LogP contribution in [0.4, 0.5) is 0 Å². The number of ketones is 1. The van der Waals surface area contributed by atoms with E-state index in [-0.39, 0.29) is 11.4 Å². The number of carboxylic acid groups (broad SMARTS) is 1. The summed E-state index contributed by atoms with van der Waals surface area (Å²) in [6, 6.07) is 10.4. The normalized spacial score (nSPS) is 10.9. The first-order valence-corrected chi connectivity index (χ1v) is 7.55. The number of para-hydroxylation sites is 1. The van der Waals surface area contributed by atoms with Gasteiger partial charge in [-0.25, -0.2) is 4.79 Å². The highest BCUT2D eigenvalue weighted by atomic mass is 32.1. The van der Waals surface area contributed by atoms with Gasteiger partial charge in [0.05, 0.1) is 4.88 Å². The molecule has 0 radical (unpaired) electrons. The summed E-state index contributed by atoms with van der Waals surface area (Å²) >= 11 is 1.28. The second-order valence-electron chi connectivity index (χ2n) is 4.65. The highest BCUT2D eigenvalue weighted by molar-refractivity contribution is 7.12. The van der Waals surface area contributed by atoms with Gasteiger partial charge in [-0.1, -0.05) is 18.2 Å². The Labute approximate surface area is 137 Å². The van der Waals surface area contributed by atoms with Crippen molar-refractivity contribution in [3.8, 4) is 11.8 Å². The lowest BCUT2D eigenvalue weighted by atomic mass is 10.0. The average molecular weight is 327 g/mol. The molecule has 23 heavy (non-hydrogen) atoms. The maximum absolute atomic E-state index is 12.4. The molecule has 6 heteroatoms. The number of hydrogen-bond acceptors (Lipinski definition) is 5. The monoisotopic (exact) mass is 327 g/mol. The number of Topliss-reactive ketones (excluding diaryl/α,β-unsaturated/α-hetero) is 1. The molecule has 5 nitrogen and oxygen atoms in total. The number of benzene rings is 1. The SMILES string of the molecule is Cc1ccsc1C(=O)C(C#N)=Cc1ccccc1OCC(=O)O. The topological polar surface area (TPSA) is 87.4 Å². The first-order valence-electron chi connectivity index (χ1n) is 6.67. The minimum Gasteiger partial charge on any atom is -0.481 e. The van der Waals surface area contributed by atoms with E-state index in [0.717, 1.165) is 5.56 Å². The van der Waals surface area contributed by atoms with Crippen molar-refractivity contribution in [2.75, 3.05) is 6.61 Å². The van der Waals surface area contributed by atoms with Crippen LogP contribution in [0.15, 0.2) is 41.3 Å². The molecule has 0 atom stereocenters. The number of nitriles is 1. The smallest absolute Gasteiger partial charge is 0.341 e. The Morgan fingerprint density at radius 1 is 1.35 bits per heavy atom. The van der Waals surface area contributed by atoms with E-state index in [0.29, 0.717) is 16.2 Å². The number of carbonyl (C=O) groups excluding carboxylic acids is 1. The van der Waals surface area contributed by atoms with E-state index >= 15 is 0 Å². The second kappa shape index (κ2) is 7.38. The standard InChI is InChI=1S/C17H13NO4S/c1-11-6-7-23-17(11)16(21)13(9-18)8-12-4-2-3-5-14(12)22-10-15(19)20/h2-8H,10H2,1H3,(H,19,20). The van der Waals surface area contributed by atoms with Crippen molar-refractivity contribution in [2.24, 2.45) is 0 Å². The van der Waals surface area contributed by atoms with Crippen molar-refractivity contribution in [1.29, 1.82) is 5.26 Å². The molecule has 0 aliphatic carbocycles. The maximum atomic E-state index is 12.4. The van der Waals surface area contributed by atoms with Crippen LogP contribution in [0.1, 0.15) is 20.8 Å². The Bertz CT molecular complexity index is 814. The number of thiophene rings is 1. The van der Waals surface area contributed by atoms with Crippen molar-refractivity contribution in [1.82, 2.24) is 0 Å². The van der Waals surface area contributed by atoms with Crippen LogP contribution in [0.5, 0.6) is 5.75 Å². The van der Waals surface area contributed by atoms with Crippen molar-refractivity contribution >= 4 is 29.2 Å². The fourth-order valence-electron chi connectivity index (χ4n) is 1.90. The summed E-state index contributed by atoms with van der Waals surface area (Å²) in [5, 5.41) is 19.8. The average Bonchev–Trinajstić information content (AvgIpc) is 2.96. The molecule has 2 rings (SSSR count). The summed E-state index contributed by atoms with van der Waals surface area (Å²) in [4.78, 5) is 23.6. The van der Waals surface area contributed by atoms with E-state index in [2.05, 4.69) is 0 Å². The van der Waals surface area contributed by atoms with Crippen LogP contribution >= 0.6 is 11.3 Å². The lowest BCUT2D eigenvalue weighted by molar-refractivity contribution is -0.139. The number of aryl methyl sites for hydroxylation is 1. The molecule has 0 saturated carbocycles. The van der Waals surface area contributed by atoms with E-state index in [4.69, 9.17) is 9.84 Å². The quantitative estimate of drug-likeness (QED) is 0.499. The van der Waals surface area contributed by atoms with Gasteiger partial charge >= 0.3 is 5.97 Å². The van der Waals surface area contributed by atoms with Crippen LogP contribution in [-0.4, -0.2) is 23.5 Å². The third-order valence-corrected chi connectivity index (χ3v) is 4.02. The fraction of sp³-hybridized carbons (Fsp3) is 0.118. The zero-order chi connectivity index (χ0) is 16.8. The van der Waals surface area contributed by atoms with Gasteiger partial charge in [0, 0.05) is 5.56 Å². The van der Waals surface area contributed by atoms with Crippen LogP contribution < -0.4 is 4.74 Å². The summed E-state index contributed by atoms with van der Waals surface area (Å²) in [7, 11) is 0. The molecule has 1 aromatic carbocycles. The number of allylic oxidation sites excluding steroid dienone is 1. The van der Waals surface area contributed by atoms with E-state index in [9.17, 15) is 14.9 Å². The molecule has 0 aliphatic rings. The van der Waals surface area contributed by atoms with Gasteiger partial charge in [0.2, 0.25) is 5.78 Å². The van der Waals surface area contributed by atoms with Crippen LogP contribution in [-0.2, 0) is 4.79 Å². The number of ether oxygens (including phenoxy) is 1. The van der Waals surface area contributed by atoms with E-state index < -0.39 is 12.6 Å². The number of rotatable bonds is 6. The Morgan fingerprint density at radius 3 is 2.70 bits per heavy atom. The number of carbonyl (C=O) groups is 2. The highest BCUT2D eigenvalue weighted by Crippen LogP contribution is 2.24. The predicted octanol–water partition coefficient (Wildman–Crippen LogP) is 3.31. The van der Waals surface area contributed by atoms with Gasteiger partial charge < -0.3 is 9.84 Å². The van der Waals surface area contributed by atoms with Gasteiger partial charge in [-0.15, -0.1) is 11.3 Å². The summed E-state index contributed by atoms with van der Waals surface area (Å²) < 4.78 is 5.18. The molecule has 0 amide bonds. The van der Waals surface area contributed by atoms with Crippen LogP contribution in [0, 0.1) is 18.3 Å². The van der Waals surface area contributed by atoms with Gasteiger partial charge in [0.25, 0.3) is 0 Å². The van der Waals surface area contributed by atoms with Crippen molar-refractivity contribution < 1.29 is 19.4 Å². The maximum Gasteiger partial charge on any atom is 0.341 e. The molecule has 0 spiro atoms. The Kier molecular flexibility index (Phi) is 5.28. The highest BCUT2D eigenvalue weighted by Gasteiger charge is 2.16. The first kappa shape index (κ1) is 16.5. The number of nitrogens with zero attached hydrogens (tertiary/aromatic N) is 1. The zero-order valence-electron chi connectivity index (χ0n) is 12.3. The van der Waals surface area contributed by atoms with E-state index in [1.807, 2.05) is 19.1 Å². The lowest BCUT2D eigenvalue weighted by Crippen LogP contribution is -2.10. The summed E-state index contributed by atoms with van der Waals surface area (Å²) in [5.41, 5.74) is 1.27. The van der Waals surface area contributed by atoms with Gasteiger partial charge in [-0.3, -0.25) is 4.79 Å². The van der Waals surface area contributed by atoms with E-state index in [1.165, 1.54) is 17.4 Å². The molecular weight excluding hydrogens is 314 g/mol. The molecular formula is C17H13NO4S. The first-order chi connectivity index (χ1) is 11.0. The number of carboxylic acids is 1. The number of aliphatic carboxylic acids is 1. The Balaban J connectivity index is 2.35. The molecule has 1 N–H and O–H groups in total. The van der Waals surface area contributed by atoms with E-state index in [1.54, 1.807) is 29.6 Å². The molecule has 0 fully saturated rings. The molecule has 0 bridgehead atoms. The second-order valence-corrected chi connectivity index (χ2v) is 5.57. The third kappa shape index (κ3) is 4.05. The molecule has 2 aromatic rings. The Hall–Kier alpha value is -2.91. The summed E-state index contributed by atoms with van der Waals surface area (Å²) in [6.45, 7) is 1.31. The lowest BCUT2D eigenvalue weighted by Gasteiger charge is -2.07. The van der Waals surface area contributed by atoms with Crippen molar-refractivity contribution in [2.45, 2.75) is 6.92 Å². The molecule has 1 heterocycles. The largest absolute Gasteiger partial charge is 0.481 e. The van der Waals surface area contributed by atoms with Crippen LogP contribution in [0.3, 0.4) is 0 Å². The fourth-order valence-corrected chi connectivity index (χ4v) is 2.78. The van der Waals surface area contributed by atoms with Crippen molar-refractivity contribution in [3.05, 3.63) is 57.3 Å². The molecule has 0 saturated heterocycles. The van der Waals surface area contributed by atoms with Gasteiger partial charge in [-0.2, -0.15) is 5.26 Å². The molecule has 0 aliphatic heterocycles. The number of hydrogen-bond donors (Lipinski definition) is 1. The van der Waals surface area contributed by atoms with Gasteiger partial charge in [0.15, 0.2) is 6.61 Å². The minimum atomic E-state index is -1.10. The molecule has 116 valence electrons. The van der Waals surface area contributed by atoms with Gasteiger partial charge in [0.1, 0.15) is 17.4 Å². The van der Waals surface area contributed by atoms with Crippen LogP contribution in [0.2, 0.25) is 0 Å². The Morgan fingerprint density at radius 2 is 2.09 bits per heavy atom. The predicted molar refractivity (Wildman–Crippen MR) is 86.5 cm³/mol. The third-order valence-electron chi connectivity index (χ3n) is 3.00. The van der Waals surface area contributed by atoms with Gasteiger partial charge in [-0.05, 0) is 36.1 Å². The summed E-state index contributed by atoms with van der Waals surface area (Å²) in [6.07, 6.45) is 1.42. The summed E-state index contributed by atoms with van der Waals surface area (Å²) in [5.74, 6) is -1.15. The van der Waals surface area contributed by atoms with Crippen molar-refractivity contribution in [3.63, 3.8) is 0 Å². The van der Waals surface area contributed by atoms with Crippen LogP contribution in [0.25, 0.3) is 6.08 Å². The zero-order valence-corrected chi connectivity index (χ0v) is 13.1.